The molecule has 0 aromatic rings. The van der Waals surface area contributed by atoms with Gasteiger partial charge in [-0.1, -0.05) is 37.6 Å². The first-order valence-corrected chi connectivity index (χ1v) is 6.46. The van der Waals surface area contributed by atoms with Gasteiger partial charge in [0.1, 0.15) is 0 Å². The average Bonchev–Trinajstić information content (AvgIpc) is 2.24. The molecule has 0 aromatic carbocycles. The molecule has 0 amide bonds. The first-order chi connectivity index (χ1) is 7.95. The monoisotopic (exact) mass is 234 g/mol. The summed E-state index contributed by atoms with van der Waals surface area (Å²) in [5.41, 5.74) is 2.50. The third kappa shape index (κ3) is 9.80. The van der Waals surface area contributed by atoms with Crippen LogP contribution in [0.15, 0.2) is 35.5 Å². The highest BCUT2D eigenvalue weighted by atomic mass is 16.1. The van der Waals surface area contributed by atoms with Crippen molar-refractivity contribution in [3.05, 3.63) is 35.5 Å². The van der Waals surface area contributed by atoms with Crippen molar-refractivity contribution >= 4 is 5.78 Å². The Kier molecular flexibility index (Phi) is 8.39. The van der Waals surface area contributed by atoms with Crippen LogP contribution < -0.4 is 0 Å². The number of hydrogen-bond acceptors (Lipinski definition) is 1. The third-order valence-electron chi connectivity index (χ3n) is 2.78. The number of allylic oxidation sites excluding steroid dienone is 6. The molecule has 0 fully saturated rings. The van der Waals surface area contributed by atoms with Crippen molar-refractivity contribution in [3.63, 3.8) is 0 Å². The quantitative estimate of drug-likeness (QED) is 0.349. The van der Waals surface area contributed by atoms with Gasteiger partial charge in [-0.3, -0.25) is 4.79 Å². The first-order valence-electron chi connectivity index (χ1n) is 6.46. The van der Waals surface area contributed by atoms with Gasteiger partial charge in [-0.15, -0.1) is 0 Å². The van der Waals surface area contributed by atoms with E-state index in [1.807, 2.05) is 13.0 Å². The van der Waals surface area contributed by atoms with E-state index in [2.05, 4.69) is 32.9 Å². The third-order valence-corrected chi connectivity index (χ3v) is 2.78. The Morgan fingerprint density at radius 3 is 2.35 bits per heavy atom. The van der Waals surface area contributed by atoms with E-state index in [1.165, 1.54) is 5.57 Å². The van der Waals surface area contributed by atoms with Crippen LogP contribution in [0, 0.1) is 5.92 Å². The molecule has 17 heavy (non-hydrogen) atoms. The minimum atomic E-state index is 0.113. The maximum atomic E-state index is 10.8. The Labute approximate surface area is 106 Å². The Balaban J connectivity index is 4.03. The topological polar surface area (TPSA) is 17.1 Å². The molecule has 96 valence electrons. The van der Waals surface area contributed by atoms with E-state index in [0.717, 1.165) is 24.8 Å². The van der Waals surface area contributed by atoms with Gasteiger partial charge in [-0.2, -0.15) is 0 Å². The summed E-state index contributed by atoms with van der Waals surface area (Å²) in [5, 5.41) is 0. The molecule has 0 radical (unpaired) electrons. The molecule has 1 heteroatoms. The normalized spacial score (nSPS) is 15.4. The first kappa shape index (κ1) is 15.9. The lowest BCUT2D eigenvalue weighted by Crippen LogP contribution is -1.91. The summed E-state index contributed by atoms with van der Waals surface area (Å²) in [4.78, 5) is 10.8. The summed E-state index contributed by atoms with van der Waals surface area (Å²) >= 11 is 0. The Bertz CT molecular complexity index is 318. The van der Waals surface area contributed by atoms with E-state index in [0.29, 0.717) is 5.92 Å². The van der Waals surface area contributed by atoms with Crippen molar-refractivity contribution in [1.82, 2.24) is 0 Å². The van der Waals surface area contributed by atoms with Crippen LogP contribution in [-0.4, -0.2) is 5.78 Å². The van der Waals surface area contributed by atoms with Crippen LogP contribution in [0.5, 0.6) is 0 Å². The molecule has 1 atom stereocenters. The van der Waals surface area contributed by atoms with Gasteiger partial charge in [-0.05, 0) is 57.6 Å². The van der Waals surface area contributed by atoms with E-state index < -0.39 is 0 Å². The van der Waals surface area contributed by atoms with Crippen LogP contribution >= 0.6 is 0 Å². The zero-order chi connectivity index (χ0) is 13.3. The molecule has 0 saturated carbocycles. The van der Waals surface area contributed by atoms with Crippen molar-refractivity contribution in [2.24, 2.45) is 5.92 Å². The molecule has 0 aliphatic rings. The van der Waals surface area contributed by atoms with Crippen LogP contribution in [0.3, 0.4) is 0 Å². The van der Waals surface area contributed by atoms with E-state index in [-0.39, 0.29) is 5.78 Å². The summed E-state index contributed by atoms with van der Waals surface area (Å²) in [5.74, 6) is 0.777. The number of hydrogen-bond donors (Lipinski definition) is 0. The average molecular weight is 234 g/mol. The highest BCUT2D eigenvalue weighted by molar-refractivity contribution is 5.88. The highest BCUT2D eigenvalue weighted by Gasteiger charge is 1.97. The minimum absolute atomic E-state index is 0.113. The molecule has 1 unspecified atom stereocenters. The van der Waals surface area contributed by atoms with Crippen molar-refractivity contribution in [2.75, 3.05) is 0 Å². The fraction of sp³-hybridized carbons (Fsp3) is 0.562. The van der Waals surface area contributed by atoms with Crippen LogP contribution in [-0.2, 0) is 4.79 Å². The van der Waals surface area contributed by atoms with E-state index in [9.17, 15) is 4.79 Å². The lowest BCUT2D eigenvalue weighted by molar-refractivity contribution is -0.112. The van der Waals surface area contributed by atoms with E-state index in [1.54, 1.807) is 13.0 Å². The zero-order valence-electron chi connectivity index (χ0n) is 11.9. The van der Waals surface area contributed by atoms with Crippen molar-refractivity contribution in [1.29, 1.82) is 0 Å². The van der Waals surface area contributed by atoms with Gasteiger partial charge in [0.15, 0.2) is 5.78 Å². The van der Waals surface area contributed by atoms with E-state index >= 15 is 0 Å². The van der Waals surface area contributed by atoms with Crippen LogP contribution in [0.25, 0.3) is 0 Å². The molecule has 0 saturated heterocycles. The van der Waals surface area contributed by atoms with Gasteiger partial charge >= 0.3 is 0 Å². The lowest BCUT2D eigenvalue weighted by atomic mass is 10.0. The lowest BCUT2D eigenvalue weighted by Gasteiger charge is -2.05. The Hall–Kier alpha value is -1.11. The van der Waals surface area contributed by atoms with Gasteiger partial charge in [0.25, 0.3) is 0 Å². The fourth-order valence-electron chi connectivity index (χ4n) is 1.50. The molecule has 0 N–H and O–H groups in total. The Morgan fingerprint density at radius 2 is 1.82 bits per heavy atom. The second-order valence-electron chi connectivity index (χ2n) is 4.88. The van der Waals surface area contributed by atoms with Crippen molar-refractivity contribution in [2.45, 2.75) is 53.9 Å². The number of carbonyl (C=O) groups is 1. The number of rotatable bonds is 7. The molecule has 0 aromatic heterocycles. The number of carbonyl (C=O) groups excluding carboxylic acids is 1. The summed E-state index contributed by atoms with van der Waals surface area (Å²) in [6.07, 6.45) is 11.5. The van der Waals surface area contributed by atoms with Crippen molar-refractivity contribution in [3.8, 4) is 0 Å². The largest absolute Gasteiger partial charge is 0.295 e. The molecule has 0 aliphatic carbocycles. The molecule has 0 rings (SSSR count). The predicted octanol–water partition coefficient (Wildman–Crippen LogP) is 4.85. The summed E-state index contributed by atoms with van der Waals surface area (Å²) in [6.45, 7) is 10.2. The van der Waals surface area contributed by atoms with Gasteiger partial charge < -0.3 is 0 Å². The van der Waals surface area contributed by atoms with Gasteiger partial charge in [0, 0.05) is 0 Å². The molecular formula is C16H26O. The molecule has 0 aliphatic heterocycles. The summed E-state index contributed by atoms with van der Waals surface area (Å²) < 4.78 is 0. The maximum Gasteiger partial charge on any atom is 0.152 e. The summed E-state index contributed by atoms with van der Waals surface area (Å²) in [7, 11) is 0. The van der Waals surface area contributed by atoms with Crippen LogP contribution in [0.4, 0.5) is 0 Å². The summed E-state index contributed by atoms with van der Waals surface area (Å²) in [6, 6.07) is 0. The molecule has 0 bridgehead atoms. The van der Waals surface area contributed by atoms with Crippen molar-refractivity contribution < 1.29 is 4.79 Å². The highest BCUT2D eigenvalue weighted by Crippen LogP contribution is 2.12. The number of ketones is 1. The smallest absolute Gasteiger partial charge is 0.152 e. The van der Waals surface area contributed by atoms with E-state index in [4.69, 9.17) is 0 Å². The zero-order valence-corrected chi connectivity index (χ0v) is 11.9. The minimum Gasteiger partial charge on any atom is -0.295 e. The van der Waals surface area contributed by atoms with Crippen LogP contribution in [0.1, 0.15) is 53.9 Å². The second-order valence-corrected chi connectivity index (χ2v) is 4.88. The molecule has 1 nitrogen and oxygen atoms in total. The maximum absolute atomic E-state index is 10.8. The molecular weight excluding hydrogens is 208 g/mol. The molecule has 0 heterocycles. The van der Waals surface area contributed by atoms with Gasteiger partial charge in [0.2, 0.25) is 0 Å². The van der Waals surface area contributed by atoms with Crippen LogP contribution in [0.2, 0.25) is 0 Å². The SMILES string of the molecule is CC/C(C)=C/CC(C)C/C=C/C(C)=C/C(C)=O. The fourth-order valence-corrected chi connectivity index (χ4v) is 1.50. The standard InChI is InChI=1S/C16H26O/c1-6-13(2)10-11-14(3)8-7-9-15(4)12-16(5)17/h7,9-10,12,14H,6,8,11H2,1-5H3/b9-7+,13-10+,15-12+. The predicted molar refractivity (Wildman–Crippen MR) is 76.0 cm³/mol. The Morgan fingerprint density at radius 1 is 1.18 bits per heavy atom. The molecule has 0 spiro atoms. The van der Waals surface area contributed by atoms with Gasteiger partial charge in [0.05, 0.1) is 0 Å². The second kappa shape index (κ2) is 8.98. The van der Waals surface area contributed by atoms with Gasteiger partial charge in [-0.25, -0.2) is 0 Å².